The van der Waals surface area contributed by atoms with Crippen LogP contribution in [-0.2, 0) is 6.54 Å². The number of benzene rings is 1. The van der Waals surface area contributed by atoms with Gasteiger partial charge >= 0.3 is 0 Å². The third-order valence-electron chi connectivity index (χ3n) is 3.88. The summed E-state index contributed by atoms with van der Waals surface area (Å²) < 4.78 is 0. The normalized spacial score (nSPS) is 16.0. The van der Waals surface area contributed by atoms with Gasteiger partial charge in [0.15, 0.2) is 11.1 Å². The molecule has 1 aliphatic heterocycles. The topological polar surface area (TPSA) is 57.8 Å². The van der Waals surface area contributed by atoms with Crippen LogP contribution in [0.2, 0.25) is 0 Å². The number of piperazine rings is 1. The number of nitrogens with two attached hydrogens (primary N) is 1. The van der Waals surface area contributed by atoms with E-state index in [4.69, 9.17) is 5.73 Å². The first-order chi connectivity index (χ1) is 11.3. The molecule has 5 nitrogen and oxygen atoms in total. The van der Waals surface area contributed by atoms with Crippen molar-refractivity contribution in [2.24, 2.45) is 10.7 Å². The Balaban J connectivity index is 1.53. The molecule has 0 amide bonds. The molecule has 0 radical (unpaired) electrons. The van der Waals surface area contributed by atoms with E-state index in [0.29, 0.717) is 12.5 Å². The van der Waals surface area contributed by atoms with Crippen molar-refractivity contribution < 1.29 is 0 Å². The molecule has 7 heteroatoms. The van der Waals surface area contributed by atoms with Crippen LogP contribution in [0, 0.1) is 0 Å². The number of nitrogens with zero attached hydrogens (tertiary/aromatic N) is 4. The van der Waals surface area contributed by atoms with Crippen molar-refractivity contribution in [2.45, 2.75) is 11.4 Å². The fraction of sp³-hybridized carbons (Fsp3) is 0.375. The average Bonchev–Trinajstić information content (AvgIpc) is 3.15. The summed E-state index contributed by atoms with van der Waals surface area (Å²) in [7, 11) is 0. The van der Waals surface area contributed by atoms with Crippen LogP contribution in [0.4, 0.5) is 5.13 Å². The molecule has 1 aromatic heterocycles. The zero-order chi connectivity index (χ0) is 16.1. The first-order valence-electron chi connectivity index (χ1n) is 7.58. The van der Waals surface area contributed by atoms with Crippen LogP contribution in [0.1, 0.15) is 5.56 Å². The van der Waals surface area contributed by atoms with Gasteiger partial charge in [0.25, 0.3) is 0 Å². The highest BCUT2D eigenvalue weighted by Gasteiger charge is 2.19. The SMILES string of the molecule is CSc1ccc(CN=C(N)N2CCN(c3nccs3)CC2)cc1. The Morgan fingerprint density at radius 2 is 2.00 bits per heavy atom. The molecule has 2 heterocycles. The molecule has 0 aliphatic carbocycles. The quantitative estimate of drug-likeness (QED) is 0.523. The summed E-state index contributed by atoms with van der Waals surface area (Å²) >= 11 is 3.43. The molecule has 1 saturated heterocycles. The van der Waals surface area contributed by atoms with Crippen molar-refractivity contribution in [3.63, 3.8) is 0 Å². The molecule has 2 aromatic rings. The maximum atomic E-state index is 6.16. The Kier molecular flexibility index (Phi) is 5.40. The minimum atomic E-state index is 0.632. The molecule has 0 saturated carbocycles. The molecule has 1 aliphatic rings. The third-order valence-corrected chi connectivity index (χ3v) is 5.45. The lowest BCUT2D eigenvalue weighted by Gasteiger charge is -2.35. The molecule has 1 fully saturated rings. The average molecular weight is 348 g/mol. The summed E-state index contributed by atoms with van der Waals surface area (Å²) in [6.07, 6.45) is 3.93. The van der Waals surface area contributed by atoms with Gasteiger partial charge in [0.05, 0.1) is 6.54 Å². The van der Waals surface area contributed by atoms with Gasteiger partial charge in [-0.1, -0.05) is 12.1 Å². The third kappa shape index (κ3) is 4.17. The van der Waals surface area contributed by atoms with E-state index in [9.17, 15) is 0 Å². The van der Waals surface area contributed by atoms with Gasteiger partial charge in [0.2, 0.25) is 0 Å². The molecule has 1 aromatic carbocycles. The van der Waals surface area contributed by atoms with E-state index in [-0.39, 0.29) is 0 Å². The number of thiazole rings is 1. The molecule has 23 heavy (non-hydrogen) atoms. The first-order valence-corrected chi connectivity index (χ1v) is 9.69. The highest BCUT2D eigenvalue weighted by atomic mass is 32.2. The number of aliphatic imine (C=N–C) groups is 1. The number of rotatable bonds is 4. The molecular weight excluding hydrogens is 326 g/mol. The van der Waals surface area contributed by atoms with Crippen molar-refractivity contribution in [2.75, 3.05) is 37.3 Å². The lowest BCUT2D eigenvalue weighted by atomic mass is 10.2. The predicted molar refractivity (Wildman–Crippen MR) is 99.4 cm³/mol. The maximum Gasteiger partial charge on any atom is 0.191 e. The summed E-state index contributed by atoms with van der Waals surface area (Å²) in [5, 5.41) is 3.11. The highest BCUT2D eigenvalue weighted by molar-refractivity contribution is 7.98. The van der Waals surface area contributed by atoms with Crippen molar-refractivity contribution in [3.05, 3.63) is 41.4 Å². The largest absolute Gasteiger partial charge is 0.370 e. The van der Waals surface area contributed by atoms with Crippen molar-refractivity contribution in [3.8, 4) is 0 Å². The van der Waals surface area contributed by atoms with Crippen LogP contribution >= 0.6 is 23.1 Å². The Labute approximate surface area is 145 Å². The van der Waals surface area contributed by atoms with Crippen LogP contribution in [0.15, 0.2) is 45.7 Å². The van der Waals surface area contributed by atoms with E-state index in [1.807, 2.05) is 11.6 Å². The molecule has 0 atom stereocenters. The number of guanidine groups is 1. The van der Waals surface area contributed by atoms with Crippen LogP contribution in [0.3, 0.4) is 0 Å². The zero-order valence-corrected chi connectivity index (χ0v) is 14.8. The van der Waals surface area contributed by atoms with E-state index in [1.54, 1.807) is 23.1 Å². The summed E-state index contributed by atoms with van der Waals surface area (Å²) in [5.41, 5.74) is 7.34. The second-order valence-corrected chi connectivity index (χ2v) is 7.06. The van der Waals surface area contributed by atoms with E-state index < -0.39 is 0 Å². The molecule has 122 valence electrons. The van der Waals surface area contributed by atoms with Crippen molar-refractivity contribution in [1.29, 1.82) is 0 Å². The Hall–Kier alpha value is -1.73. The van der Waals surface area contributed by atoms with Crippen molar-refractivity contribution >= 4 is 34.2 Å². The van der Waals surface area contributed by atoms with Crippen LogP contribution < -0.4 is 10.6 Å². The van der Waals surface area contributed by atoms with Crippen LogP contribution in [-0.4, -0.2) is 48.3 Å². The maximum absolute atomic E-state index is 6.16. The number of aromatic nitrogens is 1. The molecule has 0 spiro atoms. The Bertz CT molecular complexity index is 631. The molecule has 0 bridgehead atoms. The van der Waals surface area contributed by atoms with E-state index >= 15 is 0 Å². The van der Waals surface area contributed by atoms with E-state index in [0.717, 1.165) is 31.3 Å². The van der Waals surface area contributed by atoms with E-state index in [1.165, 1.54) is 10.5 Å². The Morgan fingerprint density at radius 3 is 2.61 bits per heavy atom. The summed E-state index contributed by atoms with van der Waals surface area (Å²) in [6, 6.07) is 8.48. The number of anilines is 1. The van der Waals surface area contributed by atoms with Gasteiger partial charge < -0.3 is 15.5 Å². The van der Waals surface area contributed by atoms with E-state index in [2.05, 4.69) is 50.3 Å². The minimum Gasteiger partial charge on any atom is -0.370 e. The molecule has 0 unspecified atom stereocenters. The van der Waals surface area contributed by atoms with Crippen molar-refractivity contribution in [1.82, 2.24) is 9.88 Å². The second-order valence-electron chi connectivity index (χ2n) is 5.31. The lowest BCUT2D eigenvalue weighted by Crippen LogP contribution is -2.51. The number of thioether (sulfide) groups is 1. The van der Waals surface area contributed by atoms with Crippen LogP contribution in [0.5, 0.6) is 0 Å². The monoisotopic (exact) mass is 347 g/mol. The highest BCUT2D eigenvalue weighted by Crippen LogP contribution is 2.19. The van der Waals surface area contributed by atoms with Crippen LogP contribution in [0.25, 0.3) is 0 Å². The number of hydrogen-bond acceptors (Lipinski definition) is 5. The summed E-state index contributed by atoms with van der Waals surface area (Å²) in [5.74, 6) is 0.637. The zero-order valence-electron chi connectivity index (χ0n) is 13.2. The van der Waals surface area contributed by atoms with Gasteiger partial charge in [0, 0.05) is 42.7 Å². The van der Waals surface area contributed by atoms with Gasteiger partial charge in [-0.05, 0) is 24.0 Å². The second kappa shape index (κ2) is 7.70. The predicted octanol–water partition coefficient (Wildman–Crippen LogP) is 2.50. The molecule has 3 rings (SSSR count). The van der Waals surface area contributed by atoms with Gasteiger partial charge in [0.1, 0.15) is 0 Å². The first kappa shape index (κ1) is 16.1. The number of hydrogen-bond donors (Lipinski definition) is 1. The fourth-order valence-electron chi connectivity index (χ4n) is 2.50. The Morgan fingerprint density at radius 1 is 1.26 bits per heavy atom. The van der Waals surface area contributed by atoms with Gasteiger partial charge in [-0.2, -0.15) is 0 Å². The van der Waals surface area contributed by atoms with Gasteiger partial charge in [-0.25, -0.2) is 9.98 Å². The smallest absolute Gasteiger partial charge is 0.191 e. The molecule has 2 N–H and O–H groups in total. The minimum absolute atomic E-state index is 0.632. The standard InChI is InChI=1S/C16H21N5S2/c1-22-14-4-2-13(3-5-14)12-19-15(17)20-7-9-21(10-8-20)16-18-6-11-23-16/h2-6,11H,7-10,12H2,1H3,(H2,17,19). The molecular formula is C16H21N5S2. The summed E-state index contributed by atoms with van der Waals surface area (Å²) in [4.78, 5) is 14.6. The van der Waals surface area contributed by atoms with Gasteiger partial charge in [-0.3, -0.25) is 0 Å². The van der Waals surface area contributed by atoms with Gasteiger partial charge in [-0.15, -0.1) is 23.1 Å². The summed E-state index contributed by atoms with van der Waals surface area (Å²) in [6.45, 7) is 4.28. The lowest BCUT2D eigenvalue weighted by molar-refractivity contribution is 0.380. The fourth-order valence-corrected chi connectivity index (χ4v) is 3.61.